The average Bonchev–Trinajstić information content (AvgIpc) is 2.70. The van der Waals surface area contributed by atoms with E-state index < -0.39 is 0 Å². The maximum absolute atomic E-state index is 12.6. The fraction of sp³-hybridized carbons (Fsp3) is 0.333. The highest BCUT2D eigenvalue weighted by Crippen LogP contribution is 2.17. The highest BCUT2D eigenvalue weighted by Gasteiger charge is 2.26. The van der Waals surface area contributed by atoms with Gasteiger partial charge in [0, 0.05) is 36.9 Å². The summed E-state index contributed by atoms with van der Waals surface area (Å²) < 4.78 is 4.98. The molecule has 0 atom stereocenters. The van der Waals surface area contributed by atoms with E-state index in [4.69, 9.17) is 16.3 Å². The molecule has 2 aromatic rings. The minimum absolute atomic E-state index is 0.205. The van der Waals surface area contributed by atoms with Crippen molar-refractivity contribution in [2.45, 2.75) is 6.92 Å². The van der Waals surface area contributed by atoms with Gasteiger partial charge in [-0.15, -0.1) is 0 Å². The minimum atomic E-state index is -0.345. The summed E-state index contributed by atoms with van der Waals surface area (Å²) in [7, 11) is 0. The molecule has 0 radical (unpaired) electrons. The molecule has 3 rings (SSSR count). The molecule has 0 aliphatic carbocycles. The lowest BCUT2D eigenvalue weighted by molar-refractivity contribution is 0.0565. The van der Waals surface area contributed by atoms with Gasteiger partial charge in [-0.1, -0.05) is 11.6 Å². The second kappa shape index (κ2) is 8.68. The third-order valence-corrected chi connectivity index (χ3v) is 4.33. The van der Waals surface area contributed by atoms with Crippen LogP contribution in [0.2, 0.25) is 5.02 Å². The van der Waals surface area contributed by atoms with Gasteiger partial charge in [0.15, 0.2) is 0 Å². The van der Waals surface area contributed by atoms with E-state index in [1.54, 1.807) is 28.9 Å². The first-order valence-electron chi connectivity index (χ1n) is 8.62. The molecule has 1 saturated heterocycles. The maximum atomic E-state index is 12.6. The third kappa shape index (κ3) is 4.85. The van der Waals surface area contributed by atoms with Crippen molar-refractivity contribution < 1.29 is 14.3 Å². The molecule has 0 unspecified atom stereocenters. The standard InChI is InChI=1S/C18H20ClN5O3/c1-2-27-18(26)24-9-7-23(8-10-24)17(25)15-11-21-16(12-20-15)22-14-5-3-13(19)4-6-14/h3-6,11-12H,2,7-10H2,1H3,(H,21,22). The van der Waals surface area contributed by atoms with E-state index in [0.29, 0.717) is 43.6 Å². The van der Waals surface area contributed by atoms with E-state index in [9.17, 15) is 9.59 Å². The molecule has 1 aliphatic rings. The van der Waals surface area contributed by atoms with E-state index in [1.165, 1.54) is 12.4 Å². The van der Waals surface area contributed by atoms with Gasteiger partial charge >= 0.3 is 6.09 Å². The van der Waals surface area contributed by atoms with Gasteiger partial charge in [-0.25, -0.2) is 14.8 Å². The Morgan fingerprint density at radius 2 is 1.74 bits per heavy atom. The zero-order valence-corrected chi connectivity index (χ0v) is 15.6. The van der Waals surface area contributed by atoms with Crippen molar-refractivity contribution in [1.29, 1.82) is 0 Å². The number of rotatable bonds is 4. The van der Waals surface area contributed by atoms with Crippen molar-refractivity contribution in [2.75, 3.05) is 38.1 Å². The lowest BCUT2D eigenvalue weighted by atomic mass is 10.3. The van der Waals surface area contributed by atoms with Gasteiger partial charge in [0.05, 0.1) is 19.0 Å². The van der Waals surface area contributed by atoms with E-state index in [1.807, 2.05) is 12.1 Å². The van der Waals surface area contributed by atoms with Gasteiger partial charge in [0.1, 0.15) is 11.5 Å². The number of amides is 2. The Morgan fingerprint density at radius 3 is 2.33 bits per heavy atom. The van der Waals surface area contributed by atoms with Crippen LogP contribution < -0.4 is 5.32 Å². The highest BCUT2D eigenvalue weighted by molar-refractivity contribution is 6.30. The quantitative estimate of drug-likeness (QED) is 0.865. The van der Waals surface area contributed by atoms with Gasteiger partial charge in [0.25, 0.3) is 5.91 Å². The normalized spacial score (nSPS) is 14.0. The highest BCUT2D eigenvalue weighted by atomic mass is 35.5. The largest absolute Gasteiger partial charge is 0.450 e. The minimum Gasteiger partial charge on any atom is -0.450 e. The van der Waals surface area contributed by atoms with E-state index in [-0.39, 0.29) is 17.7 Å². The molecular weight excluding hydrogens is 370 g/mol. The van der Waals surface area contributed by atoms with Crippen molar-refractivity contribution in [2.24, 2.45) is 0 Å². The maximum Gasteiger partial charge on any atom is 0.409 e. The molecule has 1 aromatic carbocycles. The number of carbonyl (C=O) groups is 2. The Kier molecular flexibility index (Phi) is 6.08. The smallest absolute Gasteiger partial charge is 0.409 e. The van der Waals surface area contributed by atoms with Crippen LogP contribution in [0.3, 0.4) is 0 Å². The number of piperazine rings is 1. The molecule has 8 nitrogen and oxygen atoms in total. The Labute approximate surface area is 162 Å². The SMILES string of the molecule is CCOC(=O)N1CCN(C(=O)c2cnc(Nc3ccc(Cl)cc3)cn2)CC1. The second-order valence-corrected chi connectivity index (χ2v) is 6.33. The van der Waals surface area contributed by atoms with Gasteiger partial charge in [0.2, 0.25) is 0 Å². The Morgan fingerprint density at radius 1 is 1.07 bits per heavy atom. The van der Waals surface area contributed by atoms with Crippen LogP contribution in [0.1, 0.15) is 17.4 Å². The Bertz CT molecular complexity index is 790. The number of benzene rings is 1. The summed E-state index contributed by atoms with van der Waals surface area (Å²) in [6.45, 7) is 3.85. The monoisotopic (exact) mass is 389 g/mol. The van der Waals surface area contributed by atoms with Crippen LogP contribution in [0.15, 0.2) is 36.7 Å². The van der Waals surface area contributed by atoms with Crippen LogP contribution in [0.5, 0.6) is 0 Å². The van der Waals surface area contributed by atoms with Gasteiger partial charge in [-0.3, -0.25) is 4.79 Å². The molecule has 1 aliphatic heterocycles. The topological polar surface area (TPSA) is 87.7 Å². The molecule has 0 bridgehead atoms. The van der Waals surface area contributed by atoms with Crippen LogP contribution in [0.25, 0.3) is 0 Å². The molecule has 2 heterocycles. The van der Waals surface area contributed by atoms with Crippen molar-refractivity contribution in [3.63, 3.8) is 0 Å². The van der Waals surface area contributed by atoms with Crippen LogP contribution in [0.4, 0.5) is 16.3 Å². The molecule has 9 heteroatoms. The number of anilines is 2. The average molecular weight is 390 g/mol. The van der Waals surface area contributed by atoms with Crippen molar-refractivity contribution >= 4 is 35.1 Å². The zero-order valence-electron chi connectivity index (χ0n) is 14.9. The number of nitrogens with zero attached hydrogens (tertiary/aromatic N) is 4. The molecule has 0 spiro atoms. The molecule has 142 valence electrons. The summed E-state index contributed by atoms with van der Waals surface area (Å²) in [5.74, 6) is 0.324. The van der Waals surface area contributed by atoms with Crippen LogP contribution in [0, 0.1) is 0 Å². The van der Waals surface area contributed by atoms with Crippen LogP contribution >= 0.6 is 11.6 Å². The van der Waals surface area contributed by atoms with Crippen molar-refractivity contribution in [3.05, 3.63) is 47.4 Å². The molecule has 1 fully saturated rings. The summed E-state index contributed by atoms with van der Waals surface area (Å²) in [5.41, 5.74) is 1.09. The third-order valence-electron chi connectivity index (χ3n) is 4.08. The van der Waals surface area contributed by atoms with Crippen molar-refractivity contribution in [3.8, 4) is 0 Å². The summed E-state index contributed by atoms with van der Waals surface area (Å²) in [4.78, 5) is 36.0. The molecule has 27 heavy (non-hydrogen) atoms. The summed E-state index contributed by atoms with van der Waals surface area (Å²) in [6, 6.07) is 7.19. The number of hydrogen-bond donors (Lipinski definition) is 1. The van der Waals surface area contributed by atoms with Crippen LogP contribution in [-0.4, -0.2) is 64.6 Å². The fourth-order valence-electron chi connectivity index (χ4n) is 2.65. The number of hydrogen-bond acceptors (Lipinski definition) is 6. The fourth-order valence-corrected chi connectivity index (χ4v) is 2.78. The molecule has 0 saturated carbocycles. The first-order chi connectivity index (χ1) is 13.1. The lowest BCUT2D eigenvalue weighted by Crippen LogP contribution is -2.50. The lowest BCUT2D eigenvalue weighted by Gasteiger charge is -2.33. The number of aromatic nitrogens is 2. The predicted molar refractivity (Wildman–Crippen MR) is 101 cm³/mol. The molecular formula is C18H20ClN5O3. The van der Waals surface area contributed by atoms with Gasteiger partial charge in [-0.2, -0.15) is 0 Å². The number of halogens is 1. The first kappa shape index (κ1) is 18.9. The Balaban J connectivity index is 1.56. The zero-order chi connectivity index (χ0) is 19.2. The first-order valence-corrected chi connectivity index (χ1v) is 9.00. The van der Waals surface area contributed by atoms with E-state index in [0.717, 1.165) is 5.69 Å². The van der Waals surface area contributed by atoms with Crippen LogP contribution in [-0.2, 0) is 4.74 Å². The van der Waals surface area contributed by atoms with E-state index in [2.05, 4.69) is 15.3 Å². The van der Waals surface area contributed by atoms with Gasteiger partial charge in [-0.05, 0) is 31.2 Å². The van der Waals surface area contributed by atoms with Crippen molar-refractivity contribution in [1.82, 2.24) is 19.8 Å². The number of ether oxygens (including phenoxy) is 1. The number of carbonyl (C=O) groups excluding carboxylic acids is 2. The molecule has 1 N–H and O–H groups in total. The molecule has 2 amide bonds. The second-order valence-electron chi connectivity index (χ2n) is 5.90. The predicted octanol–water partition coefficient (Wildman–Crippen LogP) is 2.79. The summed E-state index contributed by atoms with van der Waals surface area (Å²) in [5, 5.41) is 3.74. The summed E-state index contributed by atoms with van der Waals surface area (Å²) in [6.07, 6.45) is 2.61. The number of nitrogens with one attached hydrogen (secondary N) is 1. The van der Waals surface area contributed by atoms with E-state index >= 15 is 0 Å². The Hall–Kier alpha value is -2.87. The van der Waals surface area contributed by atoms with Gasteiger partial charge < -0.3 is 19.9 Å². The summed E-state index contributed by atoms with van der Waals surface area (Å²) >= 11 is 5.86. The molecule has 1 aromatic heterocycles.